The van der Waals surface area contributed by atoms with Gasteiger partial charge in [-0.25, -0.2) is 5.43 Å². The zero-order valence-electron chi connectivity index (χ0n) is 15.7. The Morgan fingerprint density at radius 3 is 2.27 bits per heavy atom. The number of nitrogens with zero attached hydrogens (tertiary/aromatic N) is 1. The maximum atomic E-state index is 12.4. The Labute approximate surface area is 160 Å². The number of carbonyl (C=O) groups excluding carboxylic acids is 1. The van der Waals surface area contributed by atoms with Crippen LogP contribution in [0.3, 0.4) is 0 Å². The third-order valence-corrected chi connectivity index (χ3v) is 5.18. The molecule has 2 aromatic carbocycles. The van der Waals surface area contributed by atoms with E-state index in [1.165, 1.54) is 11.1 Å². The van der Waals surface area contributed by atoms with Gasteiger partial charge in [0.1, 0.15) is 0 Å². The van der Waals surface area contributed by atoms with E-state index in [4.69, 9.17) is 11.6 Å². The van der Waals surface area contributed by atoms with Crippen molar-refractivity contribution in [3.63, 3.8) is 0 Å². The maximum absolute atomic E-state index is 12.4. The number of hydrogen-bond donors (Lipinski definition) is 1. The topological polar surface area (TPSA) is 41.5 Å². The van der Waals surface area contributed by atoms with E-state index in [1.807, 2.05) is 31.2 Å². The number of benzene rings is 2. The molecule has 1 saturated carbocycles. The van der Waals surface area contributed by atoms with Crippen molar-refractivity contribution in [1.29, 1.82) is 0 Å². The minimum atomic E-state index is -0.0109. The Hall–Kier alpha value is -2.13. The highest BCUT2D eigenvalue weighted by atomic mass is 35.5. The van der Waals surface area contributed by atoms with E-state index < -0.39 is 0 Å². The second kappa shape index (κ2) is 7.24. The van der Waals surface area contributed by atoms with Crippen LogP contribution in [-0.2, 0) is 10.2 Å². The zero-order chi connectivity index (χ0) is 18.9. The van der Waals surface area contributed by atoms with Crippen LogP contribution in [0.15, 0.2) is 53.6 Å². The van der Waals surface area contributed by atoms with Crippen LogP contribution in [0.1, 0.15) is 56.7 Å². The quantitative estimate of drug-likeness (QED) is 0.578. The van der Waals surface area contributed by atoms with Gasteiger partial charge in [-0.3, -0.25) is 4.79 Å². The Bertz CT molecular complexity index is 817. The van der Waals surface area contributed by atoms with Gasteiger partial charge in [0.15, 0.2) is 0 Å². The molecule has 1 aliphatic carbocycles. The molecule has 2 aromatic rings. The summed E-state index contributed by atoms with van der Waals surface area (Å²) >= 11 is 5.89. The summed E-state index contributed by atoms with van der Waals surface area (Å²) in [6, 6.07) is 16.1. The van der Waals surface area contributed by atoms with Gasteiger partial charge in [-0.05, 0) is 53.5 Å². The fourth-order valence-corrected chi connectivity index (χ4v) is 3.19. The summed E-state index contributed by atoms with van der Waals surface area (Å²) in [6.45, 7) is 8.49. The molecule has 0 bridgehead atoms. The molecular formula is C22H25ClN2O. The third-order valence-electron chi connectivity index (χ3n) is 4.93. The lowest BCUT2D eigenvalue weighted by Gasteiger charge is -2.19. The van der Waals surface area contributed by atoms with Crippen molar-refractivity contribution in [3.8, 4) is 0 Å². The first-order valence-corrected chi connectivity index (χ1v) is 9.34. The molecule has 1 N–H and O–H groups in total. The molecule has 0 aliphatic heterocycles. The van der Waals surface area contributed by atoms with E-state index in [-0.39, 0.29) is 17.2 Å². The highest BCUT2D eigenvalue weighted by Crippen LogP contribution is 2.47. The minimum absolute atomic E-state index is 0.0109. The molecule has 1 aliphatic rings. The van der Waals surface area contributed by atoms with Crippen LogP contribution >= 0.6 is 11.6 Å². The summed E-state index contributed by atoms with van der Waals surface area (Å²) in [5, 5.41) is 4.92. The normalized spacial score (nSPS) is 20.0. The number of carbonyl (C=O) groups is 1. The molecule has 4 heteroatoms. The smallest absolute Gasteiger partial charge is 0.243 e. The Balaban J connectivity index is 1.59. The van der Waals surface area contributed by atoms with Crippen LogP contribution in [-0.4, -0.2) is 11.6 Å². The number of hydrogen-bond acceptors (Lipinski definition) is 2. The minimum Gasteiger partial charge on any atom is -0.273 e. The van der Waals surface area contributed by atoms with Crippen molar-refractivity contribution in [2.75, 3.05) is 0 Å². The molecule has 0 aromatic heterocycles. The molecule has 2 unspecified atom stereocenters. The number of amides is 1. The van der Waals surface area contributed by atoms with Crippen LogP contribution in [0.25, 0.3) is 0 Å². The zero-order valence-corrected chi connectivity index (χ0v) is 16.5. The average Bonchev–Trinajstić information content (AvgIpc) is 3.40. The van der Waals surface area contributed by atoms with Crippen LogP contribution < -0.4 is 5.43 Å². The summed E-state index contributed by atoms with van der Waals surface area (Å²) in [5.74, 6) is 0.301. The Morgan fingerprint density at radius 1 is 1.08 bits per heavy atom. The molecule has 0 radical (unpaired) electrons. The maximum Gasteiger partial charge on any atom is 0.243 e. The monoisotopic (exact) mass is 368 g/mol. The molecule has 136 valence electrons. The first kappa shape index (κ1) is 18.7. The number of nitrogens with one attached hydrogen (secondary N) is 1. The van der Waals surface area contributed by atoms with Crippen molar-refractivity contribution < 1.29 is 4.79 Å². The van der Waals surface area contributed by atoms with Crippen LogP contribution in [0.5, 0.6) is 0 Å². The van der Waals surface area contributed by atoms with E-state index >= 15 is 0 Å². The first-order chi connectivity index (χ1) is 12.3. The van der Waals surface area contributed by atoms with Gasteiger partial charge in [0.05, 0.1) is 5.71 Å². The highest BCUT2D eigenvalue weighted by molar-refractivity contribution is 6.30. The summed E-state index contributed by atoms with van der Waals surface area (Å²) < 4.78 is 0. The van der Waals surface area contributed by atoms with Gasteiger partial charge in [0.25, 0.3) is 0 Å². The predicted molar refractivity (Wildman–Crippen MR) is 108 cm³/mol. The molecule has 3 rings (SSSR count). The molecule has 1 amide bonds. The number of hydrazone groups is 1. The van der Waals surface area contributed by atoms with E-state index in [0.717, 1.165) is 17.7 Å². The fourth-order valence-electron chi connectivity index (χ4n) is 3.06. The first-order valence-electron chi connectivity index (χ1n) is 8.96. The van der Waals surface area contributed by atoms with Gasteiger partial charge in [-0.2, -0.15) is 5.10 Å². The largest absolute Gasteiger partial charge is 0.273 e. The molecule has 2 atom stereocenters. The number of halogens is 1. The van der Waals surface area contributed by atoms with Crippen LogP contribution in [0.2, 0.25) is 5.02 Å². The van der Waals surface area contributed by atoms with Gasteiger partial charge in [0, 0.05) is 10.9 Å². The van der Waals surface area contributed by atoms with Gasteiger partial charge < -0.3 is 0 Å². The number of rotatable bonds is 4. The van der Waals surface area contributed by atoms with E-state index in [1.54, 1.807) is 0 Å². The van der Waals surface area contributed by atoms with Gasteiger partial charge in [-0.1, -0.05) is 68.8 Å². The lowest BCUT2D eigenvalue weighted by Crippen LogP contribution is -2.21. The van der Waals surface area contributed by atoms with Gasteiger partial charge in [-0.15, -0.1) is 0 Å². The van der Waals surface area contributed by atoms with Crippen molar-refractivity contribution in [2.24, 2.45) is 11.0 Å². The van der Waals surface area contributed by atoms with E-state index in [2.05, 4.69) is 55.6 Å². The lowest BCUT2D eigenvalue weighted by molar-refractivity contribution is -0.122. The third kappa shape index (κ3) is 4.34. The molecule has 3 nitrogen and oxygen atoms in total. The summed E-state index contributed by atoms with van der Waals surface area (Å²) in [7, 11) is 0. The molecule has 0 heterocycles. The van der Waals surface area contributed by atoms with Crippen molar-refractivity contribution >= 4 is 23.2 Å². The van der Waals surface area contributed by atoms with Crippen molar-refractivity contribution in [3.05, 3.63) is 70.2 Å². The van der Waals surface area contributed by atoms with Gasteiger partial charge >= 0.3 is 0 Å². The standard InChI is InChI=1S/C22H25ClN2O/c1-14(15-7-11-18(23)12-8-15)24-25-21(26)20-13-19(20)16-5-9-17(10-6-16)22(2,3)4/h5-12,19-20H,13H2,1-4H3,(H,25,26)/b24-14-. The summed E-state index contributed by atoms with van der Waals surface area (Å²) in [5.41, 5.74) is 7.11. The molecule has 0 saturated heterocycles. The molecular weight excluding hydrogens is 344 g/mol. The second-order valence-electron chi connectivity index (χ2n) is 8.00. The summed E-state index contributed by atoms with van der Waals surface area (Å²) in [6.07, 6.45) is 0.885. The van der Waals surface area contributed by atoms with E-state index in [9.17, 15) is 4.79 Å². The lowest BCUT2D eigenvalue weighted by atomic mass is 9.86. The summed E-state index contributed by atoms with van der Waals surface area (Å²) in [4.78, 5) is 12.4. The molecule has 26 heavy (non-hydrogen) atoms. The predicted octanol–water partition coefficient (Wildman–Crippen LogP) is 5.28. The molecule has 0 spiro atoms. The Morgan fingerprint density at radius 2 is 1.69 bits per heavy atom. The van der Waals surface area contributed by atoms with E-state index in [0.29, 0.717) is 10.9 Å². The van der Waals surface area contributed by atoms with Crippen molar-refractivity contribution in [1.82, 2.24) is 5.43 Å². The fraction of sp³-hybridized carbons (Fsp3) is 0.364. The van der Waals surface area contributed by atoms with Gasteiger partial charge in [0.2, 0.25) is 5.91 Å². The molecule has 1 fully saturated rings. The SMILES string of the molecule is C/C(=N/NC(=O)C1CC1c1ccc(C(C)(C)C)cc1)c1ccc(Cl)cc1. The highest BCUT2D eigenvalue weighted by Gasteiger charge is 2.44. The average molecular weight is 369 g/mol. The Kier molecular flexibility index (Phi) is 5.19. The second-order valence-corrected chi connectivity index (χ2v) is 8.44. The van der Waals surface area contributed by atoms with Crippen LogP contribution in [0, 0.1) is 5.92 Å². The van der Waals surface area contributed by atoms with Crippen LogP contribution in [0.4, 0.5) is 0 Å². The van der Waals surface area contributed by atoms with Crippen molar-refractivity contribution in [2.45, 2.75) is 45.4 Å².